The minimum Gasteiger partial charge on any atom is -0.391 e. The summed E-state index contributed by atoms with van der Waals surface area (Å²) < 4.78 is 0. The van der Waals surface area contributed by atoms with Crippen LogP contribution in [0.15, 0.2) is 11.1 Å². The van der Waals surface area contributed by atoms with Crippen LogP contribution in [-0.4, -0.2) is 53.1 Å². The summed E-state index contributed by atoms with van der Waals surface area (Å²) in [6.45, 7) is 3.72. The minimum atomic E-state index is -0.313. The van der Waals surface area contributed by atoms with Crippen molar-refractivity contribution in [3.63, 3.8) is 0 Å². The molecule has 4 N–H and O–H groups in total. The molecule has 1 saturated heterocycles. The Labute approximate surface area is 93.2 Å². The van der Waals surface area contributed by atoms with Crippen molar-refractivity contribution in [1.29, 1.82) is 0 Å². The molecule has 0 amide bonds. The van der Waals surface area contributed by atoms with Crippen molar-refractivity contribution in [3.8, 4) is 0 Å². The van der Waals surface area contributed by atoms with E-state index in [1.807, 2.05) is 5.01 Å². The van der Waals surface area contributed by atoms with Gasteiger partial charge in [0.1, 0.15) is 5.69 Å². The number of rotatable bonds is 2. The molecule has 0 bridgehead atoms. The second kappa shape index (κ2) is 4.50. The standard InChI is InChI=1S/C9H16N6O/c1-14-2-4-15(5-3-14)13-8-7(10)9(16)12-6-11-8/h6H,2-5,10H2,1H3,(H2,11,12,13,16). The van der Waals surface area contributed by atoms with Gasteiger partial charge in [0.15, 0.2) is 5.82 Å². The number of nitrogens with one attached hydrogen (secondary N) is 2. The van der Waals surface area contributed by atoms with Crippen LogP contribution in [0.1, 0.15) is 0 Å². The van der Waals surface area contributed by atoms with E-state index in [0.717, 1.165) is 26.2 Å². The molecule has 1 fully saturated rings. The lowest BCUT2D eigenvalue weighted by Crippen LogP contribution is -2.47. The monoisotopic (exact) mass is 224 g/mol. The molecule has 16 heavy (non-hydrogen) atoms. The van der Waals surface area contributed by atoms with Crippen LogP contribution >= 0.6 is 0 Å². The highest BCUT2D eigenvalue weighted by Crippen LogP contribution is 2.09. The summed E-state index contributed by atoms with van der Waals surface area (Å²) in [5.74, 6) is 0.424. The third-order valence-electron chi connectivity index (χ3n) is 2.66. The predicted octanol–water partition coefficient (Wildman–Crippen LogP) is -1.07. The first kappa shape index (κ1) is 10.9. The number of H-pyrrole nitrogens is 1. The summed E-state index contributed by atoms with van der Waals surface area (Å²) in [6, 6.07) is 0. The van der Waals surface area contributed by atoms with Crippen LogP contribution in [-0.2, 0) is 0 Å². The number of hydrogen-bond donors (Lipinski definition) is 3. The van der Waals surface area contributed by atoms with Crippen LogP contribution < -0.4 is 16.7 Å². The largest absolute Gasteiger partial charge is 0.391 e. The van der Waals surface area contributed by atoms with Gasteiger partial charge in [-0.15, -0.1) is 0 Å². The Bertz CT molecular complexity index is 409. The third kappa shape index (κ3) is 2.31. The van der Waals surface area contributed by atoms with Crippen molar-refractivity contribution in [2.45, 2.75) is 0 Å². The molecular weight excluding hydrogens is 208 g/mol. The molecule has 0 aliphatic carbocycles. The van der Waals surface area contributed by atoms with Gasteiger partial charge in [0.05, 0.1) is 6.33 Å². The summed E-state index contributed by atoms with van der Waals surface area (Å²) in [5.41, 5.74) is 8.50. The van der Waals surface area contributed by atoms with E-state index in [0.29, 0.717) is 5.82 Å². The average Bonchev–Trinajstić information content (AvgIpc) is 2.28. The number of piperazine rings is 1. The van der Waals surface area contributed by atoms with E-state index in [-0.39, 0.29) is 11.2 Å². The molecule has 0 spiro atoms. The quantitative estimate of drug-likeness (QED) is 0.592. The molecular formula is C9H16N6O. The van der Waals surface area contributed by atoms with E-state index in [1.165, 1.54) is 6.33 Å². The predicted molar refractivity (Wildman–Crippen MR) is 62.0 cm³/mol. The molecule has 2 rings (SSSR count). The maximum absolute atomic E-state index is 11.2. The lowest BCUT2D eigenvalue weighted by atomic mass is 10.4. The highest BCUT2D eigenvalue weighted by Gasteiger charge is 2.15. The molecule has 1 aromatic rings. The van der Waals surface area contributed by atoms with Gasteiger partial charge in [-0.1, -0.05) is 0 Å². The summed E-state index contributed by atoms with van der Waals surface area (Å²) >= 11 is 0. The van der Waals surface area contributed by atoms with Gasteiger partial charge >= 0.3 is 0 Å². The van der Waals surface area contributed by atoms with E-state index in [2.05, 4.69) is 27.3 Å². The van der Waals surface area contributed by atoms with Gasteiger partial charge < -0.3 is 21.0 Å². The number of nitrogen functional groups attached to an aromatic ring is 1. The average molecular weight is 224 g/mol. The Morgan fingerprint density at radius 1 is 1.44 bits per heavy atom. The van der Waals surface area contributed by atoms with Gasteiger partial charge in [-0.3, -0.25) is 4.79 Å². The number of hydrazine groups is 1. The number of likely N-dealkylation sites (N-methyl/N-ethyl adjacent to an activating group) is 1. The van der Waals surface area contributed by atoms with Gasteiger partial charge in [-0.05, 0) is 7.05 Å². The Kier molecular flexibility index (Phi) is 3.07. The van der Waals surface area contributed by atoms with E-state index in [9.17, 15) is 4.79 Å². The highest BCUT2D eigenvalue weighted by molar-refractivity contribution is 5.58. The molecule has 0 saturated carbocycles. The first-order chi connectivity index (χ1) is 7.66. The maximum atomic E-state index is 11.2. The first-order valence-corrected chi connectivity index (χ1v) is 5.20. The Hall–Kier alpha value is -1.60. The molecule has 1 aliphatic rings. The van der Waals surface area contributed by atoms with Crippen LogP contribution in [0, 0.1) is 0 Å². The van der Waals surface area contributed by atoms with Crippen molar-refractivity contribution in [1.82, 2.24) is 19.9 Å². The SMILES string of the molecule is CN1CCN(Nc2nc[nH]c(=O)c2N)CC1. The number of nitrogens with zero attached hydrogens (tertiary/aromatic N) is 3. The van der Waals surface area contributed by atoms with E-state index in [1.54, 1.807) is 0 Å². The molecule has 88 valence electrons. The molecule has 0 unspecified atom stereocenters. The summed E-state index contributed by atoms with van der Waals surface area (Å²) in [7, 11) is 2.08. The van der Waals surface area contributed by atoms with Gasteiger partial charge in [-0.25, -0.2) is 9.99 Å². The molecule has 1 aromatic heterocycles. The zero-order valence-corrected chi connectivity index (χ0v) is 9.23. The number of aromatic amines is 1. The second-order valence-corrected chi connectivity index (χ2v) is 3.90. The highest BCUT2D eigenvalue weighted by atomic mass is 16.1. The van der Waals surface area contributed by atoms with Crippen LogP contribution in [0.5, 0.6) is 0 Å². The van der Waals surface area contributed by atoms with E-state index >= 15 is 0 Å². The molecule has 1 aliphatic heterocycles. The normalized spacial score (nSPS) is 18.6. The summed E-state index contributed by atoms with van der Waals surface area (Å²) in [6.07, 6.45) is 1.34. The van der Waals surface area contributed by atoms with Gasteiger partial charge in [0, 0.05) is 26.2 Å². The Morgan fingerprint density at radius 3 is 2.81 bits per heavy atom. The van der Waals surface area contributed by atoms with Gasteiger partial charge in [0.25, 0.3) is 5.56 Å². The lowest BCUT2D eigenvalue weighted by Gasteiger charge is -2.32. The fourth-order valence-electron chi connectivity index (χ4n) is 1.57. The second-order valence-electron chi connectivity index (χ2n) is 3.90. The van der Waals surface area contributed by atoms with Gasteiger partial charge in [0.2, 0.25) is 0 Å². The molecule has 0 atom stereocenters. The lowest BCUT2D eigenvalue weighted by molar-refractivity contribution is 0.178. The smallest absolute Gasteiger partial charge is 0.276 e. The molecule has 0 aromatic carbocycles. The van der Waals surface area contributed by atoms with Crippen molar-refractivity contribution in [2.24, 2.45) is 0 Å². The number of aromatic nitrogens is 2. The fraction of sp³-hybridized carbons (Fsp3) is 0.556. The third-order valence-corrected chi connectivity index (χ3v) is 2.66. The molecule has 2 heterocycles. The minimum absolute atomic E-state index is 0.126. The zero-order valence-electron chi connectivity index (χ0n) is 9.23. The topological polar surface area (TPSA) is 90.3 Å². The van der Waals surface area contributed by atoms with Crippen molar-refractivity contribution < 1.29 is 0 Å². The first-order valence-electron chi connectivity index (χ1n) is 5.20. The Morgan fingerprint density at radius 2 is 2.12 bits per heavy atom. The van der Waals surface area contributed by atoms with E-state index < -0.39 is 0 Å². The number of anilines is 2. The Balaban J connectivity index is 2.04. The molecule has 7 nitrogen and oxygen atoms in total. The van der Waals surface area contributed by atoms with Crippen molar-refractivity contribution in [2.75, 3.05) is 44.4 Å². The van der Waals surface area contributed by atoms with Crippen molar-refractivity contribution in [3.05, 3.63) is 16.7 Å². The van der Waals surface area contributed by atoms with Crippen LogP contribution in [0.2, 0.25) is 0 Å². The molecule has 7 heteroatoms. The maximum Gasteiger partial charge on any atom is 0.276 e. The summed E-state index contributed by atoms with van der Waals surface area (Å²) in [5, 5.41) is 2.01. The zero-order chi connectivity index (χ0) is 11.5. The van der Waals surface area contributed by atoms with Crippen LogP contribution in [0.25, 0.3) is 0 Å². The number of nitrogens with two attached hydrogens (primary N) is 1. The van der Waals surface area contributed by atoms with Crippen LogP contribution in [0.4, 0.5) is 11.5 Å². The van der Waals surface area contributed by atoms with Gasteiger partial charge in [-0.2, -0.15) is 0 Å². The van der Waals surface area contributed by atoms with E-state index in [4.69, 9.17) is 5.73 Å². The summed E-state index contributed by atoms with van der Waals surface area (Å²) in [4.78, 5) is 19.9. The van der Waals surface area contributed by atoms with Crippen LogP contribution in [0.3, 0.4) is 0 Å². The number of hydrogen-bond acceptors (Lipinski definition) is 6. The molecule has 0 radical (unpaired) electrons. The van der Waals surface area contributed by atoms with Crippen molar-refractivity contribution >= 4 is 11.5 Å². The fourth-order valence-corrected chi connectivity index (χ4v) is 1.57.